The number of carboxylic acid groups (broad SMARTS) is 2. The molecule has 0 heterocycles. The van der Waals surface area contributed by atoms with Crippen molar-refractivity contribution in [3.05, 3.63) is 34.3 Å². The van der Waals surface area contributed by atoms with Gasteiger partial charge in [0.05, 0.1) is 17.0 Å². The van der Waals surface area contributed by atoms with Crippen molar-refractivity contribution in [1.29, 1.82) is 0 Å². The number of hydrogen-bond acceptors (Lipinski definition) is 4. The molecule has 0 saturated carbocycles. The summed E-state index contributed by atoms with van der Waals surface area (Å²) in [5, 5.41) is 20.7. The second kappa shape index (κ2) is 3.45. The number of carbonyl (C=O) groups is 2. The highest BCUT2D eigenvalue weighted by molar-refractivity contribution is 6.34. The van der Waals surface area contributed by atoms with E-state index in [4.69, 9.17) is 11.6 Å². The van der Waals surface area contributed by atoms with Crippen LogP contribution in [0.2, 0.25) is 5.02 Å². The Bertz CT molecular complexity index is 372. The monoisotopic (exact) mass is 198 g/mol. The molecular formula is C8H3ClO4-2. The molecule has 0 bridgehead atoms. The fraction of sp³-hybridized carbons (Fsp3) is 0. The second-order valence-electron chi connectivity index (χ2n) is 2.24. The molecule has 68 valence electrons. The zero-order chi connectivity index (χ0) is 10.0. The Kier molecular flexibility index (Phi) is 2.53. The Balaban J connectivity index is 3.43. The van der Waals surface area contributed by atoms with Crippen molar-refractivity contribution in [3.63, 3.8) is 0 Å². The van der Waals surface area contributed by atoms with Gasteiger partial charge in [-0.3, -0.25) is 0 Å². The summed E-state index contributed by atoms with van der Waals surface area (Å²) in [6, 6.07) is 3.67. The highest BCUT2D eigenvalue weighted by Gasteiger charge is 2.07. The zero-order valence-corrected chi connectivity index (χ0v) is 7.00. The lowest BCUT2D eigenvalue weighted by Crippen LogP contribution is -2.30. The molecule has 0 spiro atoms. The largest absolute Gasteiger partial charge is 0.545 e. The molecule has 0 amide bonds. The maximum Gasteiger partial charge on any atom is 0.0736 e. The van der Waals surface area contributed by atoms with E-state index in [1.54, 1.807) is 0 Å². The highest BCUT2D eigenvalue weighted by Crippen LogP contribution is 2.18. The molecule has 0 N–H and O–H groups in total. The van der Waals surface area contributed by atoms with E-state index >= 15 is 0 Å². The maximum absolute atomic E-state index is 10.5. The normalized spacial score (nSPS) is 9.62. The molecule has 5 heteroatoms. The molecule has 0 aliphatic rings. The highest BCUT2D eigenvalue weighted by atomic mass is 35.5. The number of halogens is 1. The third-order valence-corrected chi connectivity index (χ3v) is 1.75. The van der Waals surface area contributed by atoms with Gasteiger partial charge in [0.2, 0.25) is 0 Å². The molecule has 1 aromatic carbocycles. The van der Waals surface area contributed by atoms with Crippen molar-refractivity contribution in [3.8, 4) is 0 Å². The first kappa shape index (κ1) is 9.54. The van der Waals surface area contributed by atoms with Crippen LogP contribution in [-0.2, 0) is 0 Å². The van der Waals surface area contributed by atoms with Crippen LogP contribution < -0.4 is 10.2 Å². The Morgan fingerprint density at radius 2 is 1.77 bits per heavy atom. The van der Waals surface area contributed by atoms with E-state index in [9.17, 15) is 19.8 Å². The van der Waals surface area contributed by atoms with Crippen LogP contribution in [-0.4, -0.2) is 11.9 Å². The van der Waals surface area contributed by atoms with Gasteiger partial charge < -0.3 is 19.8 Å². The second-order valence-corrected chi connectivity index (χ2v) is 2.64. The molecule has 0 atom stereocenters. The minimum Gasteiger partial charge on any atom is -0.545 e. The zero-order valence-electron chi connectivity index (χ0n) is 6.24. The van der Waals surface area contributed by atoms with E-state index in [1.807, 2.05) is 0 Å². The average Bonchev–Trinajstić information content (AvgIpc) is 2.02. The number of rotatable bonds is 2. The molecule has 0 aliphatic carbocycles. The minimum absolute atomic E-state index is 0.179. The SMILES string of the molecule is O=C([O-])c1cccc(Cl)c1C(=O)[O-]. The molecule has 0 fully saturated rings. The maximum atomic E-state index is 10.5. The predicted molar refractivity (Wildman–Crippen MR) is 40.1 cm³/mol. The molecule has 0 aliphatic heterocycles. The first-order chi connectivity index (χ1) is 6.04. The van der Waals surface area contributed by atoms with E-state index in [-0.39, 0.29) is 5.02 Å². The van der Waals surface area contributed by atoms with Crippen LogP contribution in [0.5, 0.6) is 0 Å². The number of benzene rings is 1. The predicted octanol–water partition coefficient (Wildman–Crippen LogP) is -0.933. The van der Waals surface area contributed by atoms with Crippen LogP contribution >= 0.6 is 11.6 Å². The van der Waals surface area contributed by atoms with Crippen molar-refractivity contribution in [2.75, 3.05) is 0 Å². The number of aromatic carboxylic acids is 2. The van der Waals surface area contributed by atoms with E-state index in [0.29, 0.717) is 0 Å². The van der Waals surface area contributed by atoms with Gasteiger partial charge in [0.15, 0.2) is 0 Å². The van der Waals surface area contributed by atoms with Crippen molar-refractivity contribution in [2.45, 2.75) is 0 Å². The van der Waals surface area contributed by atoms with Gasteiger partial charge in [-0.1, -0.05) is 23.7 Å². The molecule has 0 aromatic heterocycles. The summed E-state index contributed by atoms with van der Waals surface area (Å²) in [7, 11) is 0. The average molecular weight is 199 g/mol. The van der Waals surface area contributed by atoms with Gasteiger partial charge in [0.25, 0.3) is 0 Å². The quantitative estimate of drug-likeness (QED) is 0.615. The van der Waals surface area contributed by atoms with Crippen LogP contribution in [0.4, 0.5) is 0 Å². The van der Waals surface area contributed by atoms with Crippen LogP contribution in [0.15, 0.2) is 18.2 Å². The summed E-state index contributed by atoms with van der Waals surface area (Å²) in [5.41, 5.74) is -1.03. The smallest absolute Gasteiger partial charge is 0.0736 e. The summed E-state index contributed by atoms with van der Waals surface area (Å²) in [6.07, 6.45) is 0. The number of carbonyl (C=O) groups excluding carboxylic acids is 2. The van der Waals surface area contributed by atoms with Crippen LogP contribution in [0, 0.1) is 0 Å². The Morgan fingerprint density at radius 1 is 1.15 bits per heavy atom. The summed E-state index contributed by atoms with van der Waals surface area (Å²) >= 11 is 5.46. The molecule has 0 unspecified atom stereocenters. The lowest BCUT2D eigenvalue weighted by molar-refractivity contribution is -0.259. The van der Waals surface area contributed by atoms with Crippen molar-refractivity contribution in [1.82, 2.24) is 0 Å². The molecule has 1 rings (SSSR count). The lowest BCUT2D eigenvalue weighted by Gasteiger charge is -2.12. The fourth-order valence-corrected chi connectivity index (χ4v) is 1.15. The lowest BCUT2D eigenvalue weighted by atomic mass is 10.1. The molecule has 1 aromatic rings. The van der Waals surface area contributed by atoms with Crippen molar-refractivity contribution in [2.24, 2.45) is 0 Å². The Hall–Kier alpha value is -1.55. The van der Waals surface area contributed by atoms with Crippen LogP contribution in [0.1, 0.15) is 20.7 Å². The van der Waals surface area contributed by atoms with E-state index < -0.39 is 23.1 Å². The molecular weight excluding hydrogens is 196 g/mol. The van der Waals surface area contributed by atoms with Crippen LogP contribution in [0.3, 0.4) is 0 Å². The molecule has 13 heavy (non-hydrogen) atoms. The van der Waals surface area contributed by atoms with Gasteiger partial charge in [-0.2, -0.15) is 0 Å². The third-order valence-electron chi connectivity index (χ3n) is 1.44. The summed E-state index contributed by atoms with van der Waals surface area (Å²) in [4.78, 5) is 20.9. The third kappa shape index (κ3) is 1.78. The van der Waals surface area contributed by atoms with Crippen molar-refractivity contribution >= 4 is 23.5 Å². The van der Waals surface area contributed by atoms with Gasteiger partial charge >= 0.3 is 0 Å². The van der Waals surface area contributed by atoms with Crippen molar-refractivity contribution < 1.29 is 19.8 Å². The standard InChI is InChI=1S/C8H5ClO4/c9-5-3-1-2-4(7(10)11)6(5)8(12)13/h1-3H,(H,10,11)(H,12,13)/p-2. The summed E-state index contributed by atoms with van der Waals surface area (Å²) < 4.78 is 0. The van der Waals surface area contributed by atoms with Gasteiger partial charge in [0.1, 0.15) is 0 Å². The Morgan fingerprint density at radius 3 is 2.15 bits per heavy atom. The molecule has 4 nitrogen and oxygen atoms in total. The van der Waals surface area contributed by atoms with Gasteiger partial charge in [-0.25, -0.2) is 0 Å². The van der Waals surface area contributed by atoms with E-state index in [2.05, 4.69) is 0 Å². The first-order valence-electron chi connectivity index (χ1n) is 3.25. The fourth-order valence-electron chi connectivity index (χ4n) is 0.902. The summed E-state index contributed by atoms with van der Waals surface area (Å²) in [6.45, 7) is 0. The number of hydrogen-bond donors (Lipinski definition) is 0. The minimum atomic E-state index is -1.63. The van der Waals surface area contributed by atoms with E-state index in [1.165, 1.54) is 12.1 Å². The topological polar surface area (TPSA) is 80.3 Å². The van der Waals surface area contributed by atoms with Gasteiger partial charge in [-0.15, -0.1) is 0 Å². The molecule has 0 saturated heterocycles. The Labute approximate surface area is 78.4 Å². The first-order valence-corrected chi connectivity index (χ1v) is 3.63. The van der Waals surface area contributed by atoms with Crippen LogP contribution in [0.25, 0.3) is 0 Å². The number of carboxylic acids is 2. The van der Waals surface area contributed by atoms with E-state index in [0.717, 1.165) is 6.07 Å². The molecule has 0 radical (unpaired) electrons. The van der Waals surface area contributed by atoms with Gasteiger partial charge in [-0.05, 0) is 6.07 Å². The van der Waals surface area contributed by atoms with Gasteiger partial charge in [0, 0.05) is 11.1 Å². The summed E-state index contributed by atoms with van der Waals surface area (Å²) in [5.74, 6) is -3.23.